The third-order valence-corrected chi connectivity index (χ3v) is 4.35. The van der Waals surface area contributed by atoms with Crippen LogP contribution in [0.25, 0.3) is 5.69 Å². The van der Waals surface area contributed by atoms with Gasteiger partial charge in [-0.05, 0) is 31.0 Å². The van der Waals surface area contributed by atoms with Gasteiger partial charge in [0.1, 0.15) is 5.56 Å². The van der Waals surface area contributed by atoms with E-state index in [0.717, 1.165) is 43.3 Å². The maximum Gasteiger partial charge on any atom is 0.335 e. The maximum atomic E-state index is 12.1. The molecular formula is C17H19ClN4O3. The molecule has 2 aromatic rings. The van der Waals surface area contributed by atoms with Gasteiger partial charge >= 0.3 is 5.69 Å². The first-order valence-corrected chi connectivity index (χ1v) is 8.57. The molecule has 132 valence electrons. The lowest BCUT2D eigenvalue weighted by Gasteiger charge is -2.15. The van der Waals surface area contributed by atoms with Gasteiger partial charge in [0.25, 0.3) is 5.56 Å². The van der Waals surface area contributed by atoms with Crippen LogP contribution in [-0.4, -0.2) is 39.0 Å². The number of nitrogens with one attached hydrogen (secondary N) is 1. The highest BCUT2D eigenvalue weighted by Gasteiger charge is 2.15. The first kappa shape index (κ1) is 17.3. The first-order chi connectivity index (χ1) is 12.1. The first-order valence-electron chi connectivity index (χ1n) is 8.19. The molecule has 0 atom stereocenters. The van der Waals surface area contributed by atoms with E-state index in [-0.39, 0.29) is 5.56 Å². The molecule has 0 amide bonds. The van der Waals surface area contributed by atoms with E-state index in [9.17, 15) is 14.7 Å². The fraction of sp³-hybridized carbons (Fsp3) is 0.353. The van der Waals surface area contributed by atoms with Crippen LogP contribution < -0.4 is 11.2 Å². The van der Waals surface area contributed by atoms with E-state index in [0.29, 0.717) is 10.7 Å². The summed E-state index contributed by atoms with van der Waals surface area (Å²) in [6, 6.07) is 6.44. The van der Waals surface area contributed by atoms with Crippen LogP contribution in [0, 0.1) is 0 Å². The number of H-pyrrole nitrogens is 1. The molecule has 8 heteroatoms. The molecule has 1 aromatic carbocycles. The Balaban J connectivity index is 2.01. The monoisotopic (exact) mass is 362 g/mol. The molecule has 0 saturated carbocycles. The summed E-state index contributed by atoms with van der Waals surface area (Å²) in [5.74, 6) is -0.463. The zero-order chi connectivity index (χ0) is 17.8. The minimum Gasteiger partial charge on any atom is -0.493 e. The Bertz CT molecular complexity index is 895. The lowest BCUT2D eigenvalue weighted by molar-refractivity contribution is 0.302. The van der Waals surface area contributed by atoms with Crippen LogP contribution in [0.1, 0.15) is 31.2 Å². The van der Waals surface area contributed by atoms with Crippen LogP contribution in [0.3, 0.4) is 0 Å². The van der Waals surface area contributed by atoms with Crippen molar-refractivity contribution >= 4 is 17.8 Å². The molecule has 1 fully saturated rings. The summed E-state index contributed by atoms with van der Waals surface area (Å²) >= 11 is 5.95. The zero-order valence-electron chi connectivity index (χ0n) is 13.6. The highest BCUT2D eigenvalue weighted by molar-refractivity contribution is 6.30. The van der Waals surface area contributed by atoms with E-state index in [2.05, 4.69) is 10.1 Å². The van der Waals surface area contributed by atoms with Gasteiger partial charge in [-0.2, -0.15) is 5.10 Å². The topological polar surface area (TPSA) is 90.7 Å². The van der Waals surface area contributed by atoms with Gasteiger partial charge in [0.05, 0.1) is 11.9 Å². The van der Waals surface area contributed by atoms with Crippen molar-refractivity contribution in [1.29, 1.82) is 0 Å². The average molecular weight is 363 g/mol. The molecule has 1 aromatic heterocycles. The van der Waals surface area contributed by atoms with Crippen LogP contribution >= 0.6 is 11.6 Å². The number of hydrogen-bond acceptors (Lipinski definition) is 5. The molecule has 1 saturated heterocycles. The third kappa shape index (κ3) is 3.93. The summed E-state index contributed by atoms with van der Waals surface area (Å²) in [4.78, 5) is 26.4. The molecule has 3 rings (SSSR count). The predicted molar refractivity (Wildman–Crippen MR) is 97.0 cm³/mol. The normalized spacial score (nSPS) is 15.5. The van der Waals surface area contributed by atoms with E-state index in [1.165, 1.54) is 12.3 Å². The van der Waals surface area contributed by atoms with Gasteiger partial charge in [0.2, 0.25) is 5.88 Å². The third-order valence-electron chi connectivity index (χ3n) is 4.12. The van der Waals surface area contributed by atoms with Crippen molar-refractivity contribution in [2.75, 3.05) is 13.1 Å². The SMILES string of the molecule is O=c1[nH]c(=O)n(-c2cccc(Cl)c2)c(O)c1/C=N/N1CCCCCC1. The molecule has 2 N–H and O–H groups in total. The molecule has 1 aliphatic rings. The fourth-order valence-corrected chi connectivity index (χ4v) is 3.00. The second-order valence-electron chi connectivity index (χ2n) is 5.92. The summed E-state index contributed by atoms with van der Waals surface area (Å²) in [5, 5.41) is 17.1. The van der Waals surface area contributed by atoms with Crippen molar-refractivity contribution in [3.8, 4) is 11.6 Å². The van der Waals surface area contributed by atoms with Crippen molar-refractivity contribution in [2.45, 2.75) is 25.7 Å². The standard InChI is InChI=1S/C17H19ClN4O3/c18-12-6-5-7-13(10-12)22-16(24)14(15(23)20-17(22)25)11-19-21-8-3-1-2-4-9-21/h5-7,10-11,24H,1-4,8-9H2,(H,20,23,25)/b19-11+. The van der Waals surface area contributed by atoms with E-state index in [1.807, 2.05) is 5.01 Å². The van der Waals surface area contributed by atoms with E-state index in [4.69, 9.17) is 11.6 Å². The van der Waals surface area contributed by atoms with Crippen LogP contribution in [0.4, 0.5) is 0 Å². The summed E-state index contributed by atoms with van der Waals surface area (Å²) in [6.07, 6.45) is 5.72. The lowest BCUT2D eigenvalue weighted by atomic mass is 10.2. The number of hydrazone groups is 1. The van der Waals surface area contributed by atoms with Gasteiger partial charge in [0.15, 0.2) is 0 Å². The quantitative estimate of drug-likeness (QED) is 0.818. The fourth-order valence-electron chi connectivity index (χ4n) is 2.82. The van der Waals surface area contributed by atoms with Crippen molar-refractivity contribution < 1.29 is 5.11 Å². The number of hydrogen-bond donors (Lipinski definition) is 2. The summed E-state index contributed by atoms with van der Waals surface area (Å²) < 4.78 is 0.997. The Morgan fingerprint density at radius 2 is 1.88 bits per heavy atom. The van der Waals surface area contributed by atoms with E-state index in [1.54, 1.807) is 18.2 Å². The van der Waals surface area contributed by atoms with Crippen LogP contribution in [-0.2, 0) is 0 Å². The van der Waals surface area contributed by atoms with E-state index >= 15 is 0 Å². The summed E-state index contributed by atoms with van der Waals surface area (Å²) in [5.41, 5.74) is -1.13. The van der Waals surface area contributed by atoms with Crippen molar-refractivity contribution in [2.24, 2.45) is 5.10 Å². The molecule has 0 bridgehead atoms. The van der Waals surface area contributed by atoms with Gasteiger partial charge < -0.3 is 5.11 Å². The molecule has 25 heavy (non-hydrogen) atoms. The van der Waals surface area contributed by atoms with E-state index < -0.39 is 17.1 Å². The molecule has 0 unspecified atom stereocenters. The largest absolute Gasteiger partial charge is 0.493 e. The zero-order valence-corrected chi connectivity index (χ0v) is 14.4. The average Bonchev–Trinajstić information content (AvgIpc) is 2.83. The van der Waals surface area contributed by atoms with Gasteiger partial charge in [-0.15, -0.1) is 0 Å². The highest BCUT2D eigenvalue weighted by Crippen LogP contribution is 2.19. The highest BCUT2D eigenvalue weighted by atomic mass is 35.5. The smallest absolute Gasteiger partial charge is 0.335 e. The van der Waals surface area contributed by atoms with Gasteiger partial charge in [-0.3, -0.25) is 14.8 Å². The maximum absolute atomic E-state index is 12.1. The molecule has 0 spiro atoms. The minimum atomic E-state index is -0.739. The predicted octanol–water partition coefficient (Wildman–Crippen LogP) is 2.09. The Morgan fingerprint density at radius 1 is 1.16 bits per heavy atom. The Morgan fingerprint density at radius 3 is 2.56 bits per heavy atom. The second-order valence-corrected chi connectivity index (χ2v) is 6.36. The van der Waals surface area contributed by atoms with Crippen LogP contribution in [0.5, 0.6) is 5.88 Å². The molecular weight excluding hydrogens is 344 g/mol. The Kier molecular flexibility index (Phi) is 5.23. The van der Waals surface area contributed by atoms with Crippen molar-refractivity contribution in [1.82, 2.24) is 14.6 Å². The number of nitrogens with zero attached hydrogens (tertiary/aromatic N) is 3. The number of aromatic amines is 1. The van der Waals surface area contributed by atoms with Gasteiger partial charge in [-0.25, -0.2) is 9.36 Å². The molecule has 0 aliphatic carbocycles. The molecule has 7 nitrogen and oxygen atoms in total. The van der Waals surface area contributed by atoms with Crippen molar-refractivity contribution in [3.05, 3.63) is 55.7 Å². The van der Waals surface area contributed by atoms with Gasteiger partial charge in [-0.1, -0.05) is 30.5 Å². The minimum absolute atomic E-state index is 0.0659. The van der Waals surface area contributed by atoms with Crippen molar-refractivity contribution in [3.63, 3.8) is 0 Å². The lowest BCUT2D eigenvalue weighted by Crippen LogP contribution is -2.31. The molecule has 0 radical (unpaired) electrons. The number of aromatic nitrogens is 2. The molecule has 2 heterocycles. The summed E-state index contributed by atoms with van der Waals surface area (Å²) in [6.45, 7) is 1.62. The van der Waals surface area contributed by atoms with Crippen LogP contribution in [0.15, 0.2) is 39.0 Å². The van der Waals surface area contributed by atoms with Crippen LogP contribution in [0.2, 0.25) is 5.02 Å². The Hall–Kier alpha value is -2.54. The number of halogens is 1. The number of rotatable bonds is 3. The van der Waals surface area contributed by atoms with Gasteiger partial charge in [0, 0.05) is 18.1 Å². The summed E-state index contributed by atoms with van der Waals surface area (Å²) in [7, 11) is 0. The second kappa shape index (κ2) is 7.57. The number of aromatic hydroxyl groups is 1. The number of benzene rings is 1. The molecule has 1 aliphatic heterocycles. The Labute approximate surface area is 149 Å².